The van der Waals surface area contributed by atoms with Crippen LogP contribution < -0.4 is 5.32 Å². The lowest BCUT2D eigenvalue weighted by atomic mass is 10.4. The van der Waals surface area contributed by atoms with Crippen molar-refractivity contribution in [2.24, 2.45) is 0 Å². The van der Waals surface area contributed by atoms with Gasteiger partial charge in [0.15, 0.2) is 0 Å². The van der Waals surface area contributed by atoms with E-state index in [1.807, 2.05) is 0 Å². The second-order valence-corrected chi connectivity index (χ2v) is 4.43. The third kappa shape index (κ3) is 5.35. The predicted molar refractivity (Wildman–Crippen MR) is 68.3 cm³/mol. The Balaban J connectivity index is 2.13. The molecule has 1 rings (SSSR count). The van der Waals surface area contributed by atoms with E-state index in [2.05, 4.69) is 10.2 Å². The van der Waals surface area contributed by atoms with Gasteiger partial charge in [-0.15, -0.1) is 0 Å². The number of rotatable bonds is 6. The fourth-order valence-electron chi connectivity index (χ4n) is 1.89. The van der Waals surface area contributed by atoms with E-state index >= 15 is 0 Å². The summed E-state index contributed by atoms with van der Waals surface area (Å²) in [6, 6.07) is -0.234. The van der Waals surface area contributed by atoms with Gasteiger partial charge in [-0.1, -0.05) is 0 Å². The molecular formula is C12H23N3O3. The van der Waals surface area contributed by atoms with Crippen molar-refractivity contribution in [3.63, 3.8) is 0 Å². The van der Waals surface area contributed by atoms with Crippen LogP contribution in [0.15, 0.2) is 0 Å². The first-order chi connectivity index (χ1) is 8.63. The number of urea groups is 1. The minimum Gasteiger partial charge on any atom is -0.465 e. The summed E-state index contributed by atoms with van der Waals surface area (Å²) < 4.78 is 4.73. The van der Waals surface area contributed by atoms with E-state index in [-0.39, 0.29) is 12.6 Å². The summed E-state index contributed by atoms with van der Waals surface area (Å²) in [5.41, 5.74) is 0. The van der Waals surface area contributed by atoms with Crippen LogP contribution in [0.2, 0.25) is 0 Å². The Morgan fingerprint density at radius 3 is 2.61 bits per heavy atom. The van der Waals surface area contributed by atoms with Crippen molar-refractivity contribution in [3.05, 3.63) is 0 Å². The van der Waals surface area contributed by atoms with Crippen molar-refractivity contribution >= 4 is 12.0 Å². The molecule has 1 saturated heterocycles. The summed E-state index contributed by atoms with van der Waals surface area (Å²) in [7, 11) is 1.73. The number of carbonyl (C=O) groups is 2. The normalized spacial score (nSPS) is 15.4. The Morgan fingerprint density at radius 2 is 2.00 bits per heavy atom. The van der Waals surface area contributed by atoms with Crippen LogP contribution in [0.5, 0.6) is 0 Å². The third-order valence-corrected chi connectivity index (χ3v) is 2.99. The molecule has 104 valence electrons. The highest BCUT2D eigenvalue weighted by Crippen LogP contribution is 2.06. The number of hydrogen-bond acceptors (Lipinski definition) is 4. The summed E-state index contributed by atoms with van der Waals surface area (Å²) in [6.45, 7) is 5.82. The molecule has 1 aliphatic heterocycles. The fraction of sp³-hybridized carbons (Fsp3) is 0.833. The largest absolute Gasteiger partial charge is 0.465 e. The molecule has 1 heterocycles. The first-order valence-electron chi connectivity index (χ1n) is 6.50. The molecule has 2 amide bonds. The maximum absolute atomic E-state index is 11.6. The molecule has 1 fully saturated rings. The number of nitrogens with one attached hydrogen (secondary N) is 1. The molecule has 6 heteroatoms. The van der Waals surface area contributed by atoms with Crippen molar-refractivity contribution < 1.29 is 14.3 Å². The SMILES string of the molecule is CCOC(=O)CNC(=O)N(C)CCN1CCCC1. The molecule has 0 radical (unpaired) electrons. The Morgan fingerprint density at radius 1 is 1.33 bits per heavy atom. The highest BCUT2D eigenvalue weighted by Gasteiger charge is 2.14. The fourth-order valence-corrected chi connectivity index (χ4v) is 1.89. The van der Waals surface area contributed by atoms with Gasteiger partial charge >= 0.3 is 12.0 Å². The van der Waals surface area contributed by atoms with Crippen molar-refractivity contribution in [2.45, 2.75) is 19.8 Å². The van der Waals surface area contributed by atoms with Crippen LogP contribution in [0, 0.1) is 0 Å². The first kappa shape index (κ1) is 14.8. The first-order valence-corrected chi connectivity index (χ1v) is 6.50. The topological polar surface area (TPSA) is 61.9 Å². The average molecular weight is 257 g/mol. The monoisotopic (exact) mass is 257 g/mol. The molecule has 1 N–H and O–H groups in total. The second kappa shape index (κ2) is 7.92. The van der Waals surface area contributed by atoms with Gasteiger partial charge in [0.25, 0.3) is 0 Å². The minimum absolute atomic E-state index is 0.0687. The van der Waals surface area contributed by atoms with Crippen LogP contribution >= 0.6 is 0 Å². The molecule has 1 aliphatic rings. The lowest BCUT2D eigenvalue weighted by Crippen LogP contribution is -2.43. The lowest BCUT2D eigenvalue weighted by Gasteiger charge is -2.21. The van der Waals surface area contributed by atoms with E-state index < -0.39 is 5.97 Å². The molecule has 0 aromatic heterocycles. The Kier molecular flexibility index (Phi) is 6.49. The van der Waals surface area contributed by atoms with Gasteiger partial charge in [-0.2, -0.15) is 0 Å². The average Bonchev–Trinajstić information content (AvgIpc) is 2.86. The summed E-state index contributed by atoms with van der Waals surface area (Å²) in [4.78, 5) is 26.7. The Labute approximate surface area is 108 Å². The van der Waals surface area contributed by atoms with Crippen LogP contribution in [0.3, 0.4) is 0 Å². The highest BCUT2D eigenvalue weighted by atomic mass is 16.5. The van der Waals surface area contributed by atoms with Crippen molar-refractivity contribution in [3.8, 4) is 0 Å². The zero-order valence-electron chi connectivity index (χ0n) is 11.3. The zero-order valence-corrected chi connectivity index (χ0v) is 11.3. The van der Waals surface area contributed by atoms with Crippen LogP contribution in [-0.4, -0.2) is 68.2 Å². The number of hydrogen-bond donors (Lipinski definition) is 1. The third-order valence-electron chi connectivity index (χ3n) is 2.99. The number of amides is 2. The Bertz CT molecular complexity index is 278. The number of nitrogens with zero attached hydrogens (tertiary/aromatic N) is 2. The molecule has 18 heavy (non-hydrogen) atoms. The van der Waals surface area contributed by atoms with E-state index in [1.165, 1.54) is 12.8 Å². The number of esters is 1. The zero-order chi connectivity index (χ0) is 13.4. The lowest BCUT2D eigenvalue weighted by molar-refractivity contribution is -0.141. The number of carbonyl (C=O) groups excluding carboxylic acids is 2. The quantitative estimate of drug-likeness (QED) is 0.695. The van der Waals surface area contributed by atoms with Gasteiger partial charge in [0, 0.05) is 20.1 Å². The summed E-state index contributed by atoms with van der Waals surface area (Å²) in [6.07, 6.45) is 2.50. The van der Waals surface area contributed by atoms with Crippen LogP contribution in [0.25, 0.3) is 0 Å². The summed E-state index contributed by atoms with van der Waals surface area (Å²) in [5.74, 6) is -0.404. The van der Waals surface area contributed by atoms with Gasteiger partial charge < -0.3 is 19.9 Å². The van der Waals surface area contributed by atoms with Gasteiger partial charge in [-0.3, -0.25) is 4.79 Å². The molecular weight excluding hydrogens is 234 g/mol. The summed E-state index contributed by atoms with van der Waals surface area (Å²) >= 11 is 0. The predicted octanol–water partition coefficient (Wildman–Crippen LogP) is 0.287. The molecule has 0 aromatic carbocycles. The van der Waals surface area contributed by atoms with Crippen LogP contribution in [-0.2, 0) is 9.53 Å². The van der Waals surface area contributed by atoms with Crippen molar-refractivity contribution in [2.75, 3.05) is 46.4 Å². The Hall–Kier alpha value is -1.30. The van der Waals surface area contributed by atoms with Crippen LogP contribution in [0.4, 0.5) is 4.79 Å². The molecule has 6 nitrogen and oxygen atoms in total. The van der Waals surface area contributed by atoms with Gasteiger partial charge in [0.2, 0.25) is 0 Å². The molecule has 0 unspecified atom stereocenters. The number of ether oxygens (including phenoxy) is 1. The molecule has 0 bridgehead atoms. The molecule has 0 atom stereocenters. The van der Waals surface area contributed by atoms with Gasteiger partial charge in [0.05, 0.1) is 6.61 Å². The number of likely N-dealkylation sites (tertiary alicyclic amines) is 1. The van der Waals surface area contributed by atoms with E-state index in [4.69, 9.17) is 4.74 Å². The molecule has 0 saturated carbocycles. The standard InChI is InChI=1S/C12H23N3O3/c1-3-18-11(16)10-13-12(17)14(2)8-9-15-6-4-5-7-15/h3-10H2,1-2H3,(H,13,17). The van der Waals surface area contributed by atoms with E-state index in [9.17, 15) is 9.59 Å². The van der Waals surface area contributed by atoms with E-state index in [0.717, 1.165) is 19.6 Å². The van der Waals surface area contributed by atoms with E-state index in [1.54, 1.807) is 18.9 Å². The highest BCUT2D eigenvalue weighted by molar-refractivity contribution is 5.80. The molecule has 0 spiro atoms. The van der Waals surface area contributed by atoms with Crippen molar-refractivity contribution in [1.29, 1.82) is 0 Å². The second-order valence-electron chi connectivity index (χ2n) is 4.43. The smallest absolute Gasteiger partial charge is 0.325 e. The van der Waals surface area contributed by atoms with Gasteiger partial charge in [-0.25, -0.2) is 4.79 Å². The number of likely N-dealkylation sites (N-methyl/N-ethyl adjacent to an activating group) is 1. The van der Waals surface area contributed by atoms with Gasteiger partial charge in [0.1, 0.15) is 6.54 Å². The van der Waals surface area contributed by atoms with Crippen LogP contribution in [0.1, 0.15) is 19.8 Å². The maximum atomic E-state index is 11.6. The van der Waals surface area contributed by atoms with Crippen molar-refractivity contribution in [1.82, 2.24) is 15.1 Å². The summed E-state index contributed by atoms with van der Waals surface area (Å²) in [5, 5.41) is 2.54. The molecule has 0 aromatic rings. The minimum atomic E-state index is -0.404. The molecule has 0 aliphatic carbocycles. The van der Waals surface area contributed by atoms with E-state index in [0.29, 0.717) is 13.2 Å². The maximum Gasteiger partial charge on any atom is 0.325 e. The van der Waals surface area contributed by atoms with Gasteiger partial charge in [-0.05, 0) is 32.9 Å².